The molecule has 0 saturated carbocycles. The zero-order valence-electron chi connectivity index (χ0n) is 67.9. The van der Waals surface area contributed by atoms with Crippen LogP contribution in [-0.4, -0.2) is 79.9 Å². The van der Waals surface area contributed by atoms with E-state index in [1.165, 1.54) is 51.7 Å². The number of nitrogens with zero attached hydrogens (tertiary/aromatic N) is 6. The topological polar surface area (TPSA) is 139 Å². The van der Waals surface area contributed by atoms with Gasteiger partial charge < -0.3 is 13.5 Å². The molecule has 22 heteroatoms. The minimum atomic E-state index is -7.43. The largest absolute Gasteiger partial charge is 0.494 e. The quantitative estimate of drug-likeness (QED) is 0.0489. The van der Waals surface area contributed by atoms with Gasteiger partial charge in [-0.1, -0.05) is 328 Å². The van der Waals surface area contributed by atoms with Crippen molar-refractivity contribution in [2.24, 2.45) is 0 Å². The predicted octanol–water partition coefficient (Wildman–Crippen LogP) is 26.8. The van der Waals surface area contributed by atoms with E-state index >= 15 is 0 Å². The summed E-state index contributed by atoms with van der Waals surface area (Å²) in [7, 11) is -7.47. The van der Waals surface area contributed by atoms with Crippen LogP contribution < -0.4 is 9.65 Å². The Morgan fingerprint density at radius 2 is 0.603 bits per heavy atom. The number of benzene rings is 14. The normalized spacial score (nSPS) is 13.4. The Kier molecular flexibility index (Phi) is 22.7. The molecular weight excluding hydrogens is 1630 g/mol. The summed E-state index contributed by atoms with van der Waals surface area (Å²) in [4.78, 5) is 28.7. The zero-order chi connectivity index (χ0) is 87.8. The fraction of sp³-hybridized carbons (Fsp3) is 0.0962. The number of pyridine rings is 2. The number of halogens is 9. The molecule has 622 valence electrons. The third-order valence-corrected chi connectivity index (χ3v) is 23.9. The van der Waals surface area contributed by atoms with Crippen LogP contribution in [0.15, 0.2) is 376 Å². The molecule has 1 fully saturated rings. The molecule has 0 aliphatic carbocycles. The van der Waals surface area contributed by atoms with Crippen LogP contribution in [0.5, 0.6) is 5.75 Å². The van der Waals surface area contributed by atoms with Gasteiger partial charge >= 0.3 is 40.5 Å². The van der Waals surface area contributed by atoms with Gasteiger partial charge in [0.05, 0.1) is 45.0 Å². The minimum absolute atomic E-state index is 0.147. The number of hydrogen-bond acceptors (Lipinski definition) is 11. The lowest BCUT2D eigenvalue weighted by Gasteiger charge is -2.32. The minimum Gasteiger partial charge on any atom is -0.399 e. The van der Waals surface area contributed by atoms with E-state index in [0.717, 1.165) is 112 Å². The molecule has 5 heterocycles. The maximum atomic E-state index is 14.4. The Morgan fingerprint density at radius 3 is 0.976 bits per heavy atom. The summed E-state index contributed by atoms with van der Waals surface area (Å²) in [5.74, 6) is -14.7. The molecule has 1 aliphatic heterocycles. The van der Waals surface area contributed by atoms with Crippen molar-refractivity contribution in [3.8, 4) is 129 Å². The molecule has 0 unspecified atom stereocenters. The lowest BCUT2D eigenvalue weighted by Crippen LogP contribution is -2.63. The van der Waals surface area contributed by atoms with Crippen molar-refractivity contribution in [3.05, 3.63) is 376 Å². The lowest BCUT2D eigenvalue weighted by molar-refractivity contribution is -0.382. The molecule has 18 aromatic rings. The van der Waals surface area contributed by atoms with Gasteiger partial charge in [-0.15, -0.1) is 0 Å². The second kappa shape index (κ2) is 34.1. The standard InChI is InChI=1S/C47H31N3.C36H21F9N2O3S.C21H22BNO2/c1-3-11-35(12-4-1)44-31-45(50-47(49-44)38-13-5-2-6-14-38)36-26-24-33(25-27-36)40-29-28-39(42-17-7-8-18-43(40)42)32-20-22-34(23-21-32)41-19-9-15-37-16-10-30-48-46(37)41;37-33(38,35(41,42)43)34(39,40)36(44,45)51(48,49)50-31-20-19-26(27-13-7-8-14-28(27)31)22-15-17-24(18-16-22)30-21-29(23-9-3-1-4-10-23)46-32(47-30)25-11-5-2-6-12-25;1-20(2)21(3,4)25-22(24-20)17-12-10-15(11-13-17)18-9-5-7-16-8-6-14-23-19(16)18/h1-31H;1-21H;5-14H,1-4H3. The molecule has 0 spiro atoms. The first-order valence-corrected chi connectivity index (χ1v) is 41.6. The van der Waals surface area contributed by atoms with Crippen LogP contribution in [0.3, 0.4) is 0 Å². The second-order valence-corrected chi connectivity index (χ2v) is 32.7. The van der Waals surface area contributed by atoms with Crippen molar-refractivity contribution in [3.63, 3.8) is 0 Å². The number of alkyl halides is 9. The van der Waals surface area contributed by atoms with Crippen LogP contribution in [0.25, 0.3) is 167 Å². The van der Waals surface area contributed by atoms with Gasteiger partial charge in [0, 0.05) is 73.1 Å². The zero-order valence-corrected chi connectivity index (χ0v) is 68.7. The number of rotatable bonds is 17. The summed E-state index contributed by atoms with van der Waals surface area (Å²) in [5.41, 5.74) is 21.1. The van der Waals surface area contributed by atoms with E-state index in [2.05, 4.69) is 230 Å². The summed E-state index contributed by atoms with van der Waals surface area (Å²) in [5, 5.41) is -2.36. The summed E-state index contributed by atoms with van der Waals surface area (Å²) in [6, 6.07) is 117. The molecule has 11 nitrogen and oxygen atoms in total. The van der Waals surface area contributed by atoms with Gasteiger partial charge in [-0.2, -0.15) is 47.9 Å². The first-order valence-electron chi connectivity index (χ1n) is 40.2. The van der Waals surface area contributed by atoms with Crippen LogP contribution >= 0.6 is 0 Å². The highest BCUT2D eigenvalue weighted by Crippen LogP contribution is 2.56. The van der Waals surface area contributed by atoms with Gasteiger partial charge in [-0.3, -0.25) is 9.97 Å². The smallest absolute Gasteiger partial charge is 0.399 e. The molecule has 19 rings (SSSR count). The molecule has 0 N–H and O–H groups in total. The second-order valence-electron chi connectivity index (χ2n) is 31.2. The average Bonchev–Trinajstić information content (AvgIpc) is 0.845. The molecule has 126 heavy (non-hydrogen) atoms. The monoisotopic (exact) mass is 1700 g/mol. The Morgan fingerprint density at radius 1 is 0.302 bits per heavy atom. The van der Waals surface area contributed by atoms with Crippen molar-refractivity contribution in [1.29, 1.82) is 0 Å². The van der Waals surface area contributed by atoms with Crippen molar-refractivity contribution >= 4 is 66.1 Å². The van der Waals surface area contributed by atoms with Crippen LogP contribution in [0.1, 0.15) is 27.7 Å². The van der Waals surface area contributed by atoms with Crippen molar-refractivity contribution in [2.75, 3.05) is 0 Å². The van der Waals surface area contributed by atoms with E-state index in [0.29, 0.717) is 33.9 Å². The van der Waals surface area contributed by atoms with Gasteiger partial charge in [0.15, 0.2) is 17.4 Å². The molecular formula is C104H74BF9N6O5S. The summed E-state index contributed by atoms with van der Waals surface area (Å²) in [6.45, 7) is 8.29. The van der Waals surface area contributed by atoms with Crippen LogP contribution in [0.2, 0.25) is 0 Å². The number of aromatic nitrogens is 6. The molecule has 0 atom stereocenters. The highest BCUT2D eigenvalue weighted by Gasteiger charge is 2.86. The molecule has 0 amide bonds. The molecule has 1 saturated heterocycles. The van der Waals surface area contributed by atoms with Gasteiger partial charge in [-0.05, 0) is 130 Å². The summed E-state index contributed by atoms with van der Waals surface area (Å²) >= 11 is 0. The first-order chi connectivity index (χ1) is 60.6. The number of para-hydroxylation sites is 2. The summed E-state index contributed by atoms with van der Waals surface area (Å²) < 4.78 is 162. The Hall–Kier alpha value is -14.3. The highest BCUT2D eigenvalue weighted by molar-refractivity contribution is 7.88. The van der Waals surface area contributed by atoms with Crippen LogP contribution in [0.4, 0.5) is 39.5 Å². The summed E-state index contributed by atoms with van der Waals surface area (Å²) in [6.07, 6.45) is -3.51. The maximum absolute atomic E-state index is 14.4. The first kappa shape index (κ1) is 83.9. The van der Waals surface area contributed by atoms with E-state index in [4.69, 9.17) is 29.2 Å². The maximum Gasteiger partial charge on any atom is 0.494 e. The van der Waals surface area contributed by atoms with E-state index in [1.54, 1.807) is 24.3 Å². The third-order valence-electron chi connectivity index (χ3n) is 22.6. The van der Waals surface area contributed by atoms with Gasteiger partial charge in [0.1, 0.15) is 0 Å². The Labute approximate surface area is 720 Å². The molecule has 1 aliphatic rings. The SMILES string of the molecule is CC1(C)OB(c2ccc(-c3cccc4cccnc34)cc2)OC1(C)C.O=S(=O)(Oc1ccc(-c2ccc(-c3cc(-c4ccccc4)nc(-c4ccccc4)n3)cc2)c2ccccc12)C(F)(F)C(F)(F)C(F)(F)C(F)(F)F.c1ccc(-c2cc(-c3ccc(-c4ccc(-c5ccc(-c6cccc7cccnc67)cc5)c5ccccc45)cc3)nc(-c3ccccc3)n2)cc1. The van der Waals surface area contributed by atoms with Crippen molar-refractivity contribution < 1.29 is 61.4 Å². The third kappa shape index (κ3) is 16.6. The van der Waals surface area contributed by atoms with E-state index < -0.39 is 39.1 Å². The highest BCUT2D eigenvalue weighted by atomic mass is 32.2. The lowest BCUT2D eigenvalue weighted by atomic mass is 9.78. The Balaban J connectivity index is 0.000000141. The van der Waals surface area contributed by atoms with Gasteiger partial charge in [0.2, 0.25) is 0 Å². The van der Waals surface area contributed by atoms with E-state index in [9.17, 15) is 47.9 Å². The molecule has 4 aromatic heterocycles. The van der Waals surface area contributed by atoms with Gasteiger partial charge in [-0.25, -0.2) is 19.9 Å². The van der Waals surface area contributed by atoms with E-state index in [1.807, 2.05) is 128 Å². The van der Waals surface area contributed by atoms with E-state index in [-0.39, 0.29) is 29.1 Å². The number of hydrogen-bond donors (Lipinski definition) is 0. The predicted molar refractivity (Wildman–Crippen MR) is 482 cm³/mol. The van der Waals surface area contributed by atoms with Crippen molar-refractivity contribution in [1.82, 2.24) is 29.9 Å². The van der Waals surface area contributed by atoms with Crippen LogP contribution in [-0.2, 0) is 19.4 Å². The van der Waals surface area contributed by atoms with Gasteiger partial charge in [0.25, 0.3) is 0 Å². The fourth-order valence-electron chi connectivity index (χ4n) is 15.2. The van der Waals surface area contributed by atoms with Crippen LogP contribution in [0, 0.1) is 0 Å². The molecule has 0 radical (unpaired) electrons. The van der Waals surface area contributed by atoms with Crippen molar-refractivity contribution in [2.45, 2.75) is 62.2 Å². The fourth-order valence-corrected chi connectivity index (χ4v) is 16.1. The molecule has 0 bridgehead atoms. The average molecular weight is 1700 g/mol. The molecule has 14 aromatic carbocycles. The number of fused-ring (bicyclic) bond motifs is 4. The Bertz CT molecular complexity index is 7010.